The Bertz CT molecular complexity index is 473. The van der Waals surface area contributed by atoms with Crippen molar-refractivity contribution in [3.63, 3.8) is 0 Å². The van der Waals surface area contributed by atoms with Gasteiger partial charge in [-0.15, -0.1) is 0 Å². The van der Waals surface area contributed by atoms with Gasteiger partial charge in [-0.1, -0.05) is 19.4 Å². The van der Waals surface area contributed by atoms with E-state index in [2.05, 4.69) is 11.4 Å². The van der Waals surface area contributed by atoms with E-state index in [9.17, 15) is 9.90 Å². The van der Waals surface area contributed by atoms with Crippen molar-refractivity contribution in [1.82, 2.24) is 5.32 Å². The number of fused-ring (bicyclic) bond motifs is 1. The predicted molar refractivity (Wildman–Crippen MR) is 78.1 cm³/mol. The SMILES string of the molecule is CCCC(NC1CCCc2ccc(OC)cc21)C(=O)O. The number of hydrogen-bond acceptors (Lipinski definition) is 3. The van der Waals surface area contributed by atoms with E-state index in [1.54, 1.807) is 7.11 Å². The van der Waals surface area contributed by atoms with Gasteiger partial charge in [-0.2, -0.15) is 0 Å². The molecular weight excluding hydrogens is 254 g/mol. The Balaban J connectivity index is 2.20. The number of carbonyl (C=O) groups is 1. The average Bonchev–Trinajstić information content (AvgIpc) is 2.46. The number of nitrogens with one attached hydrogen (secondary N) is 1. The van der Waals surface area contributed by atoms with Crippen LogP contribution in [0.15, 0.2) is 18.2 Å². The van der Waals surface area contributed by atoms with E-state index in [0.29, 0.717) is 6.42 Å². The van der Waals surface area contributed by atoms with Crippen LogP contribution in [0.25, 0.3) is 0 Å². The third-order valence-corrected chi connectivity index (χ3v) is 3.95. The minimum absolute atomic E-state index is 0.112. The largest absolute Gasteiger partial charge is 0.497 e. The summed E-state index contributed by atoms with van der Waals surface area (Å²) in [5.41, 5.74) is 2.49. The average molecular weight is 277 g/mol. The van der Waals surface area contributed by atoms with Gasteiger partial charge in [0, 0.05) is 6.04 Å². The molecule has 0 amide bonds. The lowest BCUT2D eigenvalue weighted by Crippen LogP contribution is -2.40. The van der Waals surface area contributed by atoms with Crippen molar-refractivity contribution in [2.24, 2.45) is 0 Å². The first-order valence-corrected chi connectivity index (χ1v) is 7.31. The summed E-state index contributed by atoms with van der Waals surface area (Å²) >= 11 is 0. The number of aryl methyl sites for hydroxylation is 1. The molecule has 20 heavy (non-hydrogen) atoms. The number of carboxylic acid groups (broad SMARTS) is 1. The van der Waals surface area contributed by atoms with Crippen LogP contribution in [0.1, 0.15) is 49.8 Å². The number of benzene rings is 1. The molecule has 1 aromatic rings. The highest BCUT2D eigenvalue weighted by Crippen LogP contribution is 2.32. The molecule has 0 spiro atoms. The highest BCUT2D eigenvalue weighted by molar-refractivity contribution is 5.73. The van der Waals surface area contributed by atoms with Gasteiger partial charge in [0.1, 0.15) is 11.8 Å². The molecule has 4 nitrogen and oxygen atoms in total. The Labute approximate surface area is 120 Å². The van der Waals surface area contributed by atoms with Crippen molar-refractivity contribution < 1.29 is 14.6 Å². The minimum atomic E-state index is -0.762. The van der Waals surface area contributed by atoms with Gasteiger partial charge >= 0.3 is 5.97 Å². The van der Waals surface area contributed by atoms with Crippen LogP contribution in [0.4, 0.5) is 0 Å². The minimum Gasteiger partial charge on any atom is -0.497 e. The molecular formula is C16H23NO3. The number of hydrogen-bond donors (Lipinski definition) is 2. The lowest BCUT2D eigenvalue weighted by atomic mass is 9.87. The normalized spacial score (nSPS) is 19.2. The number of carboxylic acids is 1. The van der Waals surface area contributed by atoms with E-state index >= 15 is 0 Å². The van der Waals surface area contributed by atoms with E-state index in [0.717, 1.165) is 31.4 Å². The topological polar surface area (TPSA) is 58.6 Å². The zero-order chi connectivity index (χ0) is 14.5. The summed E-state index contributed by atoms with van der Waals surface area (Å²) in [6.07, 6.45) is 4.65. The second kappa shape index (κ2) is 6.75. The van der Waals surface area contributed by atoms with Crippen LogP contribution in [0.2, 0.25) is 0 Å². The van der Waals surface area contributed by atoms with Crippen LogP contribution in [0, 0.1) is 0 Å². The lowest BCUT2D eigenvalue weighted by Gasteiger charge is -2.29. The summed E-state index contributed by atoms with van der Waals surface area (Å²) in [6, 6.07) is 5.75. The predicted octanol–water partition coefficient (Wildman–Crippen LogP) is 2.92. The molecule has 0 aliphatic heterocycles. The Morgan fingerprint density at radius 1 is 1.55 bits per heavy atom. The second-order valence-electron chi connectivity index (χ2n) is 5.36. The molecule has 110 valence electrons. The molecule has 0 radical (unpaired) electrons. The van der Waals surface area contributed by atoms with Gasteiger partial charge in [-0.3, -0.25) is 10.1 Å². The number of methoxy groups -OCH3 is 1. The summed E-state index contributed by atoms with van der Waals surface area (Å²) in [4.78, 5) is 11.3. The van der Waals surface area contributed by atoms with Gasteiger partial charge in [0.2, 0.25) is 0 Å². The van der Waals surface area contributed by atoms with Gasteiger partial charge < -0.3 is 9.84 Å². The smallest absolute Gasteiger partial charge is 0.320 e. The van der Waals surface area contributed by atoms with Crippen LogP contribution in [-0.2, 0) is 11.2 Å². The van der Waals surface area contributed by atoms with E-state index in [4.69, 9.17) is 4.74 Å². The fourth-order valence-corrected chi connectivity index (χ4v) is 2.89. The highest BCUT2D eigenvalue weighted by atomic mass is 16.5. The van der Waals surface area contributed by atoms with Crippen molar-refractivity contribution in [1.29, 1.82) is 0 Å². The molecule has 0 heterocycles. The number of rotatable bonds is 6. The highest BCUT2D eigenvalue weighted by Gasteiger charge is 2.26. The van der Waals surface area contributed by atoms with Crippen molar-refractivity contribution in [3.8, 4) is 5.75 Å². The molecule has 0 saturated heterocycles. The third kappa shape index (κ3) is 3.31. The van der Waals surface area contributed by atoms with Crippen LogP contribution in [0.3, 0.4) is 0 Å². The molecule has 0 aromatic heterocycles. The maximum absolute atomic E-state index is 11.3. The molecule has 2 unspecified atom stereocenters. The fourth-order valence-electron chi connectivity index (χ4n) is 2.89. The van der Waals surface area contributed by atoms with Gasteiger partial charge in [0.05, 0.1) is 7.11 Å². The Morgan fingerprint density at radius 2 is 2.35 bits per heavy atom. The number of ether oxygens (including phenoxy) is 1. The zero-order valence-electron chi connectivity index (χ0n) is 12.2. The van der Waals surface area contributed by atoms with E-state index < -0.39 is 12.0 Å². The summed E-state index contributed by atoms with van der Waals surface area (Å²) in [5, 5.41) is 12.6. The van der Waals surface area contributed by atoms with Crippen LogP contribution < -0.4 is 10.1 Å². The second-order valence-corrected chi connectivity index (χ2v) is 5.36. The van der Waals surface area contributed by atoms with Crippen molar-refractivity contribution in [3.05, 3.63) is 29.3 Å². The summed E-state index contributed by atoms with van der Waals surface area (Å²) in [6.45, 7) is 2.01. The van der Waals surface area contributed by atoms with Gasteiger partial charge in [-0.05, 0) is 48.9 Å². The van der Waals surface area contributed by atoms with Gasteiger partial charge in [0.25, 0.3) is 0 Å². The molecule has 1 aliphatic rings. The first-order valence-electron chi connectivity index (χ1n) is 7.31. The zero-order valence-corrected chi connectivity index (χ0v) is 12.2. The van der Waals surface area contributed by atoms with E-state index in [-0.39, 0.29) is 6.04 Å². The molecule has 4 heteroatoms. The third-order valence-electron chi connectivity index (χ3n) is 3.95. The first-order chi connectivity index (χ1) is 9.65. The molecule has 2 N–H and O–H groups in total. The van der Waals surface area contributed by atoms with Crippen molar-refractivity contribution >= 4 is 5.97 Å². The molecule has 2 atom stereocenters. The standard InChI is InChI=1S/C16H23NO3/c1-3-5-15(16(18)19)17-14-7-4-6-11-8-9-12(20-2)10-13(11)14/h8-10,14-15,17H,3-7H2,1-2H3,(H,18,19). The van der Waals surface area contributed by atoms with Crippen LogP contribution in [0.5, 0.6) is 5.75 Å². The van der Waals surface area contributed by atoms with E-state index in [1.165, 1.54) is 11.1 Å². The van der Waals surface area contributed by atoms with Crippen LogP contribution in [-0.4, -0.2) is 24.2 Å². The molecule has 1 aromatic carbocycles. The summed E-state index contributed by atoms with van der Waals surface area (Å²) in [5.74, 6) is 0.0710. The maximum atomic E-state index is 11.3. The molecule has 0 saturated carbocycles. The molecule has 2 rings (SSSR count). The van der Waals surface area contributed by atoms with Crippen molar-refractivity contribution in [2.45, 2.75) is 51.1 Å². The fraction of sp³-hybridized carbons (Fsp3) is 0.562. The summed E-state index contributed by atoms with van der Waals surface area (Å²) < 4.78 is 5.28. The molecule has 0 fully saturated rings. The van der Waals surface area contributed by atoms with Gasteiger partial charge in [-0.25, -0.2) is 0 Å². The van der Waals surface area contributed by atoms with E-state index in [1.807, 2.05) is 19.1 Å². The quantitative estimate of drug-likeness (QED) is 0.839. The first kappa shape index (κ1) is 14.9. The maximum Gasteiger partial charge on any atom is 0.320 e. The Kier molecular flexibility index (Phi) is 5.01. The number of aliphatic carboxylic acids is 1. The van der Waals surface area contributed by atoms with Crippen LogP contribution >= 0.6 is 0 Å². The Hall–Kier alpha value is -1.55. The molecule has 1 aliphatic carbocycles. The van der Waals surface area contributed by atoms with Gasteiger partial charge in [0.15, 0.2) is 0 Å². The Morgan fingerprint density at radius 3 is 3.00 bits per heavy atom. The monoisotopic (exact) mass is 277 g/mol. The lowest BCUT2D eigenvalue weighted by molar-refractivity contribution is -0.140. The van der Waals surface area contributed by atoms with Crippen molar-refractivity contribution in [2.75, 3.05) is 7.11 Å². The summed E-state index contributed by atoms with van der Waals surface area (Å²) in [7, 11) is 1.66. The molecule has 0 bridgehead atoms.